The largest absolute Gasteiger partial charge is 0.444 e. The summed E-state index contributed by atoms with van der Waals surface area (Å²) in [7, 11) is 0. The first-order valence-corrected chi connectivity index (χ1v) is 6.88. The lowest BCUT2D eigenvalue weighted by atomic mass is 10.2. The molecule has 0 saturated carbocycles. The highest BCUT2D eigenvalue weighted by Gasteiger charge is 2.29. The van der Waals surface area contributed by atoms with E-state index in [4.69, 9.17) is 4.74 Å². The van der Waals surface area contributed by atoms with Crippen molar-refractivity contribution in [1.82, 2.24) is 15.1 Å². The highest BCUT2D eigenvalue weighted by Crippen LogP contribution is 2.15. The fourth-order valence-electron chi connectivity index (χ4n) is 2.55. The normalized spacial score (nSPS) is 26.4. The van der Waals surface area contributed by atoms with Gasteiger partial charge in [-0.15, -0.1) is 0 Å². The van der Waals surface area contributed by atoms with Crippen LogP contribution in [-0.2, 0) is 4.74 Å². The Hall–Kier alpha value is -0.810. The Bertz CT molecular complexity index is 287. The second-order valence-corrected chi connectivity index (χ2v) is 6.15. The second-order valence-electron chi connectivity index (χ2n) is 6.15. The topological polar surface area (TPSA) is 44.8 Å². The summed E-state index contributed by atoms with van der Waals surface area (Å²) in [6, 6.07) is 0.658. The molecule has 2 fully saturated rings. The van der Waals surface area contributed by atoms with Gasteiger partial charge in [0.2, 0.25) is 0 Å². The van der Waals surface area contributed by atoms with Crippen LogP contribution >= 0.6 is 0 Å². The molecule has 2 heterocycles. The molecule has 2 aliphatic rings. The lowest BCUT2D eigenvalue weighted by Crippen LogP contribution is -2.53. The van der Waals surface area contributed by atoms with E-state index in [2.05, 4.69) is 10.2 Å². The molecule has 2 aliphatic heterocycles. The summed E-state index contributed by atoms with van der Waals surface area (Å²) < 4.78 is 5.39. The van der Waals surface area contributed by atoms with Crippen LogP contribution in [0, 0.1) is 0 Å². The highest BCUT2D eigenvalue weighted by molar-refractivity contribution is 5.68. The first-order valence-electron chi connectivity index (χ1n) is 6.88. The zero-order valence-corrected chi connectivity index (χ0v) is 11.7. The fraction of sp³-hybridized carbons (Fsp3) is 0.923. The van der Waals surface area contributed by atoms with E-state index in [0.717, 1.165) is 39.3 Å². The quantitative estimate of drug-likeness (QED) is 0.756. The summed E-state index contributed by atoms with van der Waals surface area (Å²) in [5.41, 5.74) is -0.399. The number of nitrogens with one attached hydrogen (secondary N) is 1. The average molecular weight is 255 g/mol. The number of ether oxygens (including phenoxy) is 1. The molecule has 1 atom stereocenters. The number of amides is 1. The summed E-state index contributed by atoms with van der Waals surface area (Å²) in [5.74, 6) is 0. The second kappa shape index (κ2) is 5.45. The third-order valence-corrected chi connectivity index (χ3v) is 3.52. The molecular weight excluding hydrogens is 230 g/mol. The van der Waals surface area contributed by atoms with Crippen LogP contribution in [0.15, 0.2) is 0 Å². The Balaban J connectivity index is 1.77. The molecule has 1 amide bonds. The van der Waals surface area contributed by atoms with Gasteiger partial charge in [0.05, 0.1) is 0 Å². The first kappa shape index (κ1) is 13.6. The van der Waals surface area contributed by atoms with E-state index in [1.165, 1.54) is 6.42 Å². The zero-order chi connectivity index (χ0) is 13.2. The molecule has 0 bridgehead atoms. The van der Waals surface area contributed by atoms with Gasteiger partial charge >= 0.3 is 6.09 Å². The number of rotatable bonds is 1. The fourth-order valence-corrected chi connectivity index (χ4v) is 2.55. The lowest BCUT2D eigenvalue weighted by molar-refractivity contribution is 0.0112. The molecule has 0 aromatic heterocycles. The van der Waals surface area contributed by atoms with Crippen molar-refractivity contribution < 1.29 is 9.53 Å². The van der Waals surface area contributed by atoms with E-state index >= 15 is 0 Å². The van der Waals surface area contributed by atoms with Crippen molar-refractivity contribution in [2.45, 2.75) is 38.8 Å². The highest BCUT2D eigenvalue weighted by atomic mass is 16.6. The molecule has 0 radical (unpaired) electrons. The maximum Gasteiger partial charge on any atom is 0.410 e. The molecule has 0 aliphatic carbocycles. The SMILES string of the molecule is CC(C)(C)OC(=O)N1CCN([C@H]2CCNC2)CC1. The van der Waals surface area contributed by atoms with Crippen LogP contribution in [0.4, 0.5) is 4.79 Å². The van der Waals surface area contributed by atoms with Gasteiger partial charge in [0.25, 0.3) is 0 Å². The molecule has 1 N–H and O–H groups in total. The molecule has 2 saturated heterocycles. The molecule has 0 aromatic carbocycles. The molecule has 18 heavy (non-hydrogen) atoms. The van der Waals surface area contributed by atoms with Crippen LogP contribution in [0.5, 0.6) is 0 Å². The van der Waals surface area contributed by atoms with Gasteiger partial charge in [-0.2, -0.15) is 0 Å². The number of hydrogen-bond acceptors (Lipinski definition) is 4. The van der Waals surface area contributed by atoms with Crippen molar-refractivity contribution in [2.24, 2.45) is 0 Å². The van der Waals surface area contributed by atoms with E-state index < -0.39 is 5.60 Å². The van der Waals surface area contributed by atoms with Gasteiger partial charge in [-0.05, 0) is 33.7 Å². The van der Waals surface area contributed by atoms with Crippen molar-refractivity contribution in [3.8, 4) is 0 Å². The molecule has 0 aromatic rings. The van der Waals surface area contributed by atoms with E-state index in [9.17, 15) is 4.79 Å². The van der Waals surface area contributed by atoms with Crippen molar-refractivity contribution in [2.75, 3.05) is 39.3 Å². The molecule has 0 unspecified atom stereocenters. The number of carbonyl (C=O) groups excluding carboxylic acids is 1. The zero-order valence-electron chi connectivity index (χ0n) is 11.7. The standard InChI is InChI=1S/C13H25N3O2/c1-13(2,3)18-12(17)16-8-6-15(7-9-16)11-4-5-14-10-11/h11,14H,4-10H2,1-3H3/t11-/m0/s1. The van der Waals surface area contributed by atoms with Gasteiger partial charge < -0.3 is 15.0 Å². The molecule has 5 nitrogen and oxygen atoms in total. The summed E-state index contributed by atoms with van der Waals surface area (Å²) in [6.07, 6.45) is 1.05. The number of carbonyl (C=O) groups is 1. The minimum absolute atomic E-state index is 0.174. The van der Waals surface area contributed by atoms with E-state index in [1.807, 2.05) is 25.7 Å². The molecule has 5 heteroatoms. The molecular formula is C13H25N3O2. The van der Waals surface area contributed by atoms with Crippen molar-refractivity contribution in [1.29, 1.82) is 0 Å². The predicted octanol–water partition coefficient (Wildman–Crippen LogP) is 0.901. The van der Waals surface area contributed by atoms with Gasteiger partial charge in [0.1, 0.15) is 5.60 Å². The summed E-state index contributed by atoms with van der Waals surface area (Å²) >= 11 is 0. The maximum absolute atomic E-state index is 11.9. The third kappa shape index (κ3) is 3.59. The first-order chi connectivity index (χ1) is 8.46. The summed E-state index contributed by atoms with van der Waals surface area (Å²) in [6.45, 7) is 11.4. The Morgan fingerprint density at radius 1 is 1.22 bits per heavy atom. The van der Waals surface area contributed by atoms with Crippen molar-refractivity contribution in [3.63, 3.8) is 0 Å². The number of nitrogens with zero attached hydrogens (tertiary/aromatic N) is 2. The molecule has 104 valence electrons. The third-order valence-electron chi connectivity index (χ3n) is 3.52. The van der Waals surface area contributed by atoms with Gasteiger partial charge in [0.15, 0.2) is 0 Å². The Morgan fingerprint density at radius 2 is 1.89 bits per heavy atom. The molecule has 2 rings (SSSR count). The smallest absolute Gasteiger partial charge is 0.410 e. The van der Waals surface area contributed by atoms with Crippen molar-refractivity contribution >= 4 is 6.09 Å². The lowest BCUT2D eigenvalue weighted by Gasteiger charge is -2.38. The van der Waals surface area contributed by atoms with Crippen LogP contribution in [0.1, 0.15) is 27.2 Å². The van der Waals surface area contributed by atoms with Gasteiger partial charge in [-0.25, -0.2) is 4.79 Å². The van der Waals surface area contributed by atoms with Crippen molar-refractivity contribution in [3.05, 3.63) is 0 Å². The Morgan fingerprint density at radius 3 is 2.39 bits per heavy atom. The van der Waals surface area contributed by atoms with Crippen LogP contribution < -0.4 is 5.32 Å². The van der Waals surface area contributed by atoms with E-state index in [0.29, 0.717) is 6.04 Å². The van der Waals surface area contributed by atoms with Crippen LogP contribution in [-0.4, -0.2) is 66.8 Å². The predicted molar refractivity (Wildman–Crippen MR) is 70.7 cm³/mol. The monoisotopic (exact) mass is 255 g/mol. The Kier molecular flexibility index (Phi) is 4.12. The number of piperazine rings is 1. The molecule has 0 spiro atoms. The maximum atomic E-state index is 11.9. The number of hydrogen-bond donors (Lipinski definition) is 1. The van der Waals surface area contributed by atoms with E-state index in [1.54, 1.807) is 0 Å². The van der Waals surface area contributed by atoms with Gasteiger partial charge in [-0.1, -0.05) is 0 Å². The minimum Gasteiger partial charge on any atom is -0.444 e. The average Bonchev–Trinajstić information content (AvgIpc) is 2.80. The van der Waals surface area contributed by atoms with Crippen LogP contribution in [0.3, 0.4) is 0 Å². The Labute approximate surface area is 109 Å². The van der Waals surface area contributed by atoms with Gasteiger partial charge in [-0.3, -0.25) is 4.90 Å². The minimum atomic E-state index is -0.399. The van der Waals surface area contributed by atoms with Gasteiger partial charge in [0, 0.05) is 38.8 Å². The summed E-state index contributed by atoms with van der Waals surface area (Å²) in [5, 5.41) is 3.39. The van der Waals surface area contributed by atoms with Crippen LogP contribution in [0.25, 0.3) is 0 Å². The summed E-state index contributed by atoms with van der Waals surface area (Å²) in [4.78, 5) is 16.2. The van der Waals surface area contributed by atoms with E-state index in [-0.39, 0.29) is 6.09 Å². The van der Waals surface area contributed by atoms with Crippen LogP contribution in [0.2, 0.25) is 0 Å².